The third-order valence-electron chi connectivity index (χ3n) is 3.92. The van der Waals surface area contributed by atoms with Gasteiger partial charge in [-0.1, -0.05) is 15.9 Å². The average molecular weight is 448 g/mol. The van der Waals surface area contributed by atoms with E-state index in [9.17, 15) is 9.18 Å². The highest BCUT2D eigenvalue weighted by molar-refractivity contribution is 9.10. The largest absolute Gasteiger partial charge is 0.487 e. The van der Waals surface area contributed by atoms with Crippen molar-refractivity contribution < 1.29 is 13.9 Å². The van der Waals surface area contributed by atoms with E-state index in [0.29, 0.717) is 39.2 Å². The fourth-order valence-electron chi connectivity index (χ4n) is 2.57. The molecule has 2 aromatic carbocycles. The van der Waals surface area contributed by atoms with Crippen LogP contribution in [-0.4, -0.2) is 28.5 Å². The molecule has 3 aromatic rings. The van der Waals surface area contributed by atoms with Crippen LogP contribution in [0.1, 0.15) is 13.8 Å². The Morgan fingerprint density at radius 3 is 2.82 bits per heavy atom. The summed E-state index contributed by atoms with van der Waals surface area (Å²) in [6, 6.07) is 8.07. The van der Waals surface area contributed by atoms with E-state index in [1.807, 2.05) is 6.92 Å². The lowest BCUT2D eigenvalue weighted by Gasteiger charge is -2.17. The minimum absolute atomic E-state index is 0.134. The zero-order chi connectivity index (χ0) is 20.3. The predicted octanol–water partition coefficient (Wildman–Crippen LogP) is 3.76. The zero-order valence-electron chi connectivity index (χ0n) is 15.3. The van der Waals surface area contributed by atoms with E-state index in [1.54, 1.807) is 24.3 Å². The van der Waals surface area contributed by atoms with Crippen molar-refractivity contribution in [2.24, 2.45) is 0 Å². The van der Waals surface area contributed by atoms with Crippen molar-refractivity contribution in [2.75, 3.05) is 17.6 Å². The maximum atomic E-state index is 14.1. The third kappa shape index (κ3) is 4.66. The molecule has 0 saturated carbocycles. The number of hydrogen-bond acceptors (Lipinski definition) is 6. The van der Waals surface area contributed by atoms with Crippen LogP contribution in [0.3, 0.4) is 0 Å². The van der Waals surface area contributed by atoms with Crippen LogP contribution >= 0.6 is 15.9 Å². The Balaban J connectivity index is 1.88. The number of aromatic nitrogens is 2. The lowest BCUT2D eigenvalue weighted by atomic mass is 10.2. The van der Waals surface area contributed by atoms with Crippen molar-refractivity contribution in [3.8, 4) is 5.75 Å². The fraction of sp³-hybridized carbons (Fsp3) is 0.211. The molecule has 0 aliphatic carbocycles. The first kappa shape index (κ1) is 19.8. The lowest BCUT2D eigenvalue weighted by molar-refractivity contribution is -0.119. The first-order valence-electron chi connectivity index (χ1n) is 8.51. The number of halogens is 2. The summed E-state index contributed by atoms with van der Waals surface area (Å²) < 4.78 is 20.6. The van der Waals surface area contributed by atoms with Gasteiger partial charge in [0.1, 0.15) is 29.8 Å². The molecule has 4 N–H and O–H groups in total. The quantitative estimate of drug-likeness (QED) is 0.497. The summed E-state index contributed by atoms with van der Waals surface area (Å²) in [5, 5.41) is 6.29. The molecule has 0 aliphatic rings. The van der Waals surface area contributed by atoms with Gasteiger partial charge in [-0.25, -0.2) is 14.4 Å². The molecule has 9 heteroatoms. The number of ether oxygens (including phenoxy) is 1. The van der Waals surface area contributed by atoms with Gasteiger partial charge in [-0.3, -0.25) is 4.79 Å². The van der Waals surface area contributed by atoms with Gasteiger partial charge < -0.3 is 21.1 Å². The number of hydrogen-bond donors (Lipinski definition) is 3. The van der Waals surface area contributed by atoms with Crippen LogP contribution in [0.25, 0.3) is 10.9 Å². The minimum atomic E-state index is -0.416. The molecule has 146 valence electrons. The van der Waals surface area contributed by atoms with Gasteiger partial charge in [0.25, 0.3) is 0 Å². The van der Waals surface area contributed by atoms with Gasteiger partial charge in [0.05, 0.1) is 23.4 Å². The van der Waals surface area contributed by atoms with E-state index in [4.69, 9.17) is 10.5 Å². The minimum Gasteiger partial charge on any atom is -0.487 e. The smallest absolute Gasteiger partial charge is 0.217 e. The van der Waals surface area contributed by atoms with Crippen LogP contribution in [0.2, 0.25) is 0 Å². The molecule has 1 unspecified atom stereocenters. The summed E-state index contributed by atoms with van der Waals surface area (Å²) in [7, 11) is 0. The highest BCUT2D eigenvalue weighted by Gasteiger charge is 2.13. The Morgan fingerprint density at radius 2 is 2.11 bits per heavy atom. The Labute approximate surface area is 169 Å². The number of anilines is 3. The summed E-state index contributed by atoms with van der Waals surface area (Å²) in [5.41, 5.74) is 7.38. The number of nitrogen functional groups attached to an aromatic ring is 1. The van der Waals surface area contributed by atoms with Crippen molar-refractivity contribution in [2.45, 2.75) is 20.0 Å². The average Bonchev–Trinajstić information content (AvgIpc) is 2.63. The first-order chi connectivity index (χ1) is 13.3. The van der Waals surface area contributed by atoms with Gasteiger partial charge >= 0.3 is 0 Å². The van der Waals surface area contributed by atoms with Crippen molar-refractivity contribution in [3.63, 3.8) is 0 Å². The van der Waals surface area contributed by atoms with E-state index in [-0.39, 0.29) is 17.7 Å². The summed E-state index contributed by atoms with van der Waals surface area (Å²) in [4.78, 5) is 19.5. The molecule has 0 spiro atoms. The van der Waals surface area contributed by atoms with Crippen molar-refractivity contribution in [3.05, 3.63) is 46.9 Å². The second-order valence-corrected chi connectivity index (χ2v) is 7.16. The summed E-state index contributed by atoms with van der Waals surface area (Å²) in [5.74, 6) is 0.326. The van der Waals surface area contributed by atoms with E-state index >= 15 is 0 Å². The predicted molar refractivity (Wildman–Crippen MR) is 110 cm³/mol. The molecule has 7 nitrogen and oxygen atoms in total. The number of carbonyl (C=O) groups excluding carboxylic acids is 1. The topological polar surface area (TPSA) is 102 Å². The van der Waals surface area contributed by atoms with Crippen molar-refractivity contribution in [1.29, 1.82) is 0 Å². The Bertz CT molecular complexity index is 1030. The Morgan fingerprint density at radius 1 is 1.32 bits per heavy atom. The number of nitrogens with zero attached hydrogens (tertiary/aromatic N) is 2. The molecule has 0 fully saturated rings. The standard InChI is InChI=1S/C19H19BrFN5O2/c1-10(8-23-11(2)27)28-18-7-17-13(6-15(18)22)19(25-9-24-17)26-16-4-3-12(20)5-14(16)21/h3-7,9-10H,8,22H2,1-2H3,(H,23,27)(H,24,25,26). The molecule has 1 aromatic heterocycles. The van der Waals surface area contributed by atoms with Gasteiger partial charge in [-0.15, -0.1) is 0 Å². The molecule has 0 saturated heterocycles. The normalized spacial score (nSPS) is 11.9. The molecule has 1 atom stereocenters. The molecule has 28 heavy (non-hydrogen) atoms. The highest BCUT2D eigenvalue weighted by Crippen LogP contribution is 2.32. The molecular formula is C19H19BrFN5O2. The Kier molecular flexibility index (Phi) is 5.93. The van der Waals surface area contributed by atoms with Crippen LogP contribution in [0.15, 0.2) is 41.1 Å². The SMILES string of the molecule is CC(=O)NCC(C)Oc1cc2ncnc(Nc3ccc(Br)cc3F)c2cc1N. The number of nitrogens with two attached hydrogens (primary N) is 1. The van der Waals surface area contributed by atoms with Crippen LogP contribution in [0.5, 0.6) is 5.75 Å². The van der Waals surface area contributed by atoms with E-state index in [2.05, 4.69) is 36.5 Å². The fourth-order valence-corrected chi connectivity index (χ4v) is 2.90. The van der Waals surface area contributed by atoms with Gasteiger partial charge in [0, 0.05) is 22.8 Å². The van der Waals surface area contributed by atoms with Gasteiger partial charge in [0.15, 0.2) is 0 Å². The van der Waals surface area contributed by atoms with Crippen molar-refractivity contribution in [1.82, 2.24) is 15.3 Å². The number of carbonyl (C=O) groups is 1. The van der Waals surface area contributed by atoms with E-state index in [1.165, 1.54) is 19.3 Å². The Hall–Kier alpha value is -2.94. The first-order valence-corrected chi connectivity index (χ1v) is 9.30. The summed E-state index contributed by atoms with van der Waals surface area (Å²) in [6.07, 6.45) is 1.10. The molecular weight excluding hydrogens is 429 g/mol. The van der Waals surface area contributed by atoms with Gasteiger partial charge in [-0.05, 0) is 31.2 Å². The second kappa shape index (κ2) is 8.39. The summed E-state index contributed by atoms with van der Waals surface area (Å²) in [6.45, 7) is 3.62. The summed E-state index contributed by atoms with van der Waals surface area (Å²) >= 11 is 3.23. The number of rotatable bonds is 6. The maximum Gasteiger partial charge on any atom is 0.217 e. The molecule has 3 rings (SSSR count). The monoisotopic (exact) mass is 447 g/mol. The van der Waals surface area contributed by atoms with Gasteiger partial charge in [-0.2, -0.15) is 0 Å². The van der Waals surface area contributed by atoms with E-state index < -0.39 is 5.82 Å². The van der Waals surface area contributed by atoms with Crippen LogP contribution in [0.4, 0.5) is 21.6 Å². The van der Waals surface area contributed by atoms with E-state index in [0.717, 1.165) is 0 Å². The molecule has 0 bridgehead atoms. The van der Waals surface area contributed by atoms with Gasteiger partial charge in [0.2, 0.25) is 5.91 Å². The van der Waals surface area contributed by atoms with Crippen LogP contribution in [-0.2, 0) is 4.79 Å². The highest BCUT2D eigenvalue weighted by atomic mass is 79.9. The number of benzene rings is 2. The van der Waals surface area contributed by atoms with Crippen molar-refractivity contribution >= 4 is 49.9 Å². The van der Waals surface area contributed by atoms with Crippen LogP contribution < -0.4 is 21.1 Å². The number of fused-ring (bicyclic) bond motifs is 1. The third-order valence-corrected chi connectivity index (χ3v) is 4.41. The second-order valence-electron chi connectivity index (χ2n) is 6.24. The maximum absolute atomic E-state index is 14.1. The zero-order valence-corrected chi connectivity index (χ0v) is 16.9. The number of nitrogens with one attached hydrogen (secondary N) is 2. The molecule has 1 amide bonds. The molecule has 0 aliphatic heterocycles. The number of amides is 1. The molecule has 1 heterocycles. The van der Waals surface area contributed by atoms with Crippen LogP contribution in [0, 0.1) is 5.82 Å². The lowest BCUT2D eigenvalue weighted by Crippen LogP contribution is -2.32. The molecule has 0 radical (unpaired) electrons.